The first-order valence-corrected chi connectivity index (χ1v) is 6.28. The predicted octanol–water partition coefficient (Wildman–Crippen LogP) is 1.81. The molecule has 0 aliphatic carbocycles. The third-order valence-corrected chi connectivity index (χ3v) is 3.84. The smallest absolute Gasteiger partial charge is 0.230 e. The van der Waals surface area contributed by atoms with Crippen molar-refractivity contribution >= 4 is 23.3 Å². The number of anilines is 1. The van der Waals surface area contributed by atoms with Crippen molar-refractivity contribution in [2.75, 3.05) is 5.32 Å². The molecule has 3 rings (SSSR count). The molecule has 3 heterocycles. The highest BCUT2D eigenvalue weighted by molar-refractivity contribution is 6.30. The zero-order valence-electron chi connectivity index (χ0n) is 9.32. The van der Waals surface area contributed by atoms with E-state index in [4.69, 9.17) is 11.6 Å². The summed E-state index contributed by atoms with van der Waals surface area (Å²) in [7, 11) is 0. The number of amides is 1. The van der Waals surface area contributed by atoms with Gasteiger partial charge in [0.1, 0.15) is 5.82 Å². The summed E-state index contributed by atoms with van der Waals surface area (Å²) in [5.41, 5.74) is 0. The molecular formula is C12H14ClN3O. The molecule has 0 spiro atoms. The lowest BCUT2D eigenvalue weighted by atomic mass is 9.88. The first-order valence-electron chi connectivity index (χ1n) is 5.91. The lowest BCUT2D eigenvalue weighted by molar-refractivity contribution is -0.120. The van der Waals surface area contributed by atoms with Gasteiger partial charge in [0.2, 0.25) is 5.91 Å². The van der Waals surface area contributed by atoms with Gasteiger partial charge in [0.15, 0.2) is 0 Å². The van der Waals surface area contributed by atoms with E-state index in [1.807, 2.05) is 0 Å². The molecular weight excluding hydrogens is 238 g/mol. The summed E-state index contributed by atoms with van der Waals surface area (Å²) in [6.07, 6.45) is 4.80. The molecule has 3 atom stereocenters. The van der Waals surface area contributed by atoms with Gasteiger partial charge in [0.25, 0.3) is 0 Å². The maximum absolute atomic E-state index is 12.1. The SMILES string of the molecule is O=C(Nc1ccc(Cl)cn1)C1CC2CCC1N2. The molecule has 2 bridgehead atoms. The summed E-state index contributed by atoms with van der Waals surface area (Å²) >= 11 is 5.74. The van der Waals surface area contributed by atoms with Gasteiger partial charge in [-0.05, 0) is 31.4 Å². The Morgan fingerprint density at radius 1 is 1.47 bits per heavy atom. The summed E-state index contributed by atoms with van der Waals surface area (Å²) in [6, 6.07) is 4.34. The zero-order valence-corrected chi connectivity index (χ0v) is 10.1. The Bertz CT molecular complexity index is 434. The Morgan fingerprint density at radius 2 is 2.35 bits per heavy atom. The largest absolute Gasteiger partial charge is 0.310 e. The van der Waals surface area contributed by atoms with Crippen molar-refractivity contribution in [3.63, 3.8) is 0 Å². The highest BCUT2D eigenvalue weighted by Gasteiger charge is 2.42. The number of halogens is 1. The van der Waals surface area contributed by atoms with Gasteiger partial charge in [-0.3, -0.25) is 4.79 Å². The standard InChI is InChI=1S/C12H14ClN3O/c13-7-1-4-11(14-6-7)16-12(17)9-5-8-2-3-10(9)15-8/h1,4,6,8-10,15H,2-3,5H2,(H,14,16,17). The van der Waals surface area contributed by atoms with Crippen LogP contribution in [0.25, 0.3) is 0 Å². The molecule has 17 heavy (non-hydrogen) atoms. The number of rotatable bonds is 2. The number of hydrogen-bond donors (Lipinski definition) is 2. The molecule has 2 N–H and O–H groups in total. The maximum Gasteiger partial charge on any atom is 0.230 e. The van der Waals surface area contributed by atoms with E-state index in [1.54, 1.807) is 12.1 Å². The van der Waals surface area contributed by atoms with E-state index in [1.165, 1.54) is 12.6 Å². The third kappa shape index (κ3) is 2.15. The first-order chi connectivity index (χ1) is 8.22. The van der Waals surface area contributed by atoms with Crippen LogP contribution < -0.4 is 10.6 Å². The molecule has 1 aromatic heterocycles. The van der Waals surface area contributed by atoms with E-state index in [0.29, 0.717) is 22.9 Å². The second-order valence-electron chi connectivity index (χ2n) is 4.74. The number of hydrogen-bond acceptors (Lipinski definition) is 3. The van der Waals surface area contributed by atoms with Crippen LogP contribution in [-0.4, -0.2) is 23.0 Å². The monoisotopic (exact) mass is 251 g/mol. The average molecular weight is 252 g/mol. The zero-order chi connectivity index (χ0) is 11.8. The first kappa shape index (κ1) is 11.0. The minimum absolute atomic E-state index is 0.0690. The van der Waals surface area contributed by atoms with Crippen molar-refractivity contribution < 1.29 is 4.79 Å². The fourth-order valence-electron chi connectivity index (χ4n) is 2.78. The van der Waals surface area contributed by atoms with Crippen LogP contribution in [0.2, 0.25) is 5.02 Å². The Labute approximate surface area is 105 Å². The average Bonchev–Trinajstić information content (AvgIpc) is 2.94. The lowest BCUT2D eigenvalue weighted by Gasteiger charge is -2.18. The fraction of sp³-hybridized carbons (Fsp3) is 0.500. The second kappa shape index (κ2) is 4.27. The van der Waals surface area contributed by atoms with Crippen LogP contribution in [0.5, 0.6) is 0 Å². The molecule has 4 nitrogen and oxygen atoms in total. The van der Waals surface area contributed by atoms with Crippen molar-refractivity contribution in [1.29, 1.82) is 0 Å². The van der Waals surface area contributed by atoms with E-state index in [-0.39, 0.29) is 11.8 Å². The molecule has 3 unspecified atom stereocenters. The summed E-state index contributed by atoms with van der Waals surface area (Å²) in [5, 5.41) is 6.87. The van der Waals surface area contributed by atoms with E-state index in [0.717, 1.165) is 12.8 Å². The third-order valence-electron chi connectivity index (χ3n) is 3.62. The fourth-order valence-corrected chi connectivity index (χ4v) is 2.89. The molecule has 2 fully saturated rings. The molecule has 2 saturated heterocycles. The van der Waals surface area contributed by atoms with Gasteiger partial charge in [-0.1, -0.05) is 11.6 Å². The molecule has 0 radical (unpaired) electrons. The quantitative estimate of drug-likeness (QED) is 0.843. The van der Waals surface area contributed by atoms with E-state index >= 15 is 0 Å². The summed E-state index contributed by atoms with van der Waals surface area (Å²) in [6.45, 7) is 0. The van der Waals surface area contributed by atoms with E-state index in [9.17, 15) is 4.79 Å². The summed E-state index contributed by atoms with van der Waals surface area (Å²) < 4.78 is 0. The number of aromatic nitrogens is 1. The number of carbonyl (C=O) groups excluding carboxylic acids is 1. The number of nitrogens with zero attached hydrogens (tertiary/aromatic N) is 1. The Morgan fingerprint density at radius 3 is 2.94 bits per heavy atom. The van der Waals surface area contributed by atoms with Crippen LogP contribution in [0.1, 0.15) is 19.3 Å². The molecule has 2 aliphatic rings. The highest BCUT2D eigenvalue weighted by atomic mass is 35.5. The highest BCUT2D eigenvalue weighted by Crippen LogP contribution is 2.33. The minimum atomic E-state index is 0.0690. The number of pyridine rings is 1. The van der Waals surface area contributed by atoms with Crippen LogP contribution in [-0.2, 0) is 4.79 Å². The topological polar surface area (TPSA) is 54.0 Å². The van der Waals surface area contributed by atoms with Crippen LogP contribution in [0.3, 0.4) is 0 Å². The van der Waals surface area contributed by atoms with Crippen LogP contribution in [0, 0.1) is 5.92 Å². The Balaban J connectivity index is 1.65. The predicted molar refractivity (Wildman–Crippen MR) is 65.9 cm³/mol. The lowest BCUT2D eigenvalue weighted by Crippen LogP contribution is -2.33. The Hall–Kier alpha value is -1.13. The number of nitrogens with one attached hydrogen (secondary N) is 2. The number of carbonyl (C=O) groups is 1. The van der Waals surface area contributed by atoms with Gasteiger partial charge < -0.3 is 10.6 Å². The maximum atomic E-state index is 12.1. The Kier molecular flexibility index (Phi) is 2.76. The van der Waals surface area contributed by atoms with Crippen molar-refractivity contribution in [2.24, 2.45) is 5.92 Å². The van der Waals surface area contributed by atoms with Crippen molar-refractivity contribution in [1.82, 2.24) is 10.3 Å². The van der Waals surface area contributed by atoms with Gasteiger partial charge in [0.05, 0.1) is 10.9 Å². The van der Waals surface area contributed by atoms with Gasteiger partial charge >= 0.3 is 0 Å². The van der Waals surface area contributed by atoms with Gasteiger partial charge in [0, 0.05) is 18.3 Å². The molecule has 5 heteroatoms. The molecule has 2 aliphatic heterocycles. The van der Waals surface area contributed by atoms with E-state index in [2.05, 4.69) is 15.6 Å². The van der Waals surface area contributed by atoms with Crippen molar-refractivity contribution in [3.8, 4) is 0 Å². The van der Waals surface area contributed by atoms with Crippen molar-refractivity contribution in [3.05, 3.63) is 23.4 Å². The van der Waals surface area contributed by atoms with Crippen LogP contribution >= 0.6 is 11.6 Å². The summed E-state index contributed by atoms with van der Waals surface area (Å²) in [4.78, 5) is 16.1. The molecule has 1 amide bonds. The van der Waals surface area contributed by atoms with Gasteiger partial charge in [-0.2, -0.15) is 0 Å². The molecule has 0 aromatic carbocycles. The minimum Gasteiger partial charge on any atom is -0.310 e. The van der Waals surface area contributed by atoms with E-state index < -0.39 is 0 Å². The normalized spacial score (nSPS) is 30.5. The molecule has 90 valence electrons. The van der Waals surface area contributed by atoms with Crippen LogP contribution in [0.4, 0.5) is 5.82 Å². The van der Waals surface area contributed by atoms with Gasteiger partial charge in [-0.25, -0.2) is 4.98 Å². The van der Waals surface area contributed by atoms with Crippen molar-refractivity contribution in [2.45, 2.75) is 31.3 Å². The van der Waals surface area contributed by atoms with Crippen LogP contribution in [0.15, 0.2) is 18.3 Å². The molecule has 0 saturated carbocycles. The summed E-state index contributed by atoms with van der Waals surface area (Å²) in [5.74, 6) is 0.730. The number of fused-ring (bicyclic) bond motifs is 2. The molecule has 1 aromatic rings. The second-order valence-corrected chi connectivity index (χ2v) is 5.18. The van der Waals surface area contributed by atoms with Gasteiger partial charge in [-0.15, -0.1) is 0 Å².